The topological polar surface area (TPSA) is 20.3 Å². The summed E-state index contributed by atoms with van der Waals surface area (Å²) in [6.07, 6.45) is 5.12. The highest BCUT2D eigenvalue weighted by molar-refractivity contribution is 9.09. The maximum atomic E-state index is 12.3. The van der Waals surface area contributed by atoms with Crippen LogP contribution in [0.5, 0.6) is 0 Å². The lowest BCUT2D eigenvalue weighted by Crippen LogP contribution is -2.45. The molecule has 1 aliphatic rings. The van der Waals surface area contributed by atoms with Crippen LogP contribution in [0.15, 0.2) is 24.3 Å². The van der Waals surface area contributed by atoms with Crippen LogP contribution in [-0.2, 0) is 11.2 Å². The van der Waals surface area contributed by atoms with E-state index in [2.05, 4.69) is 52.0 Å². The number of amides is 1. The normalized spacial score (nSPS) is 15.1. The van der Waals surface area contributed by atoms with E-state index in [1.54, 1.807) is 0 Å². The van der Waals surface area contributed by atoms with Gasteiger partial charge in [0.1, 0.15) is 0 Å². The Labute approximate surface area is 124 Å². The van der Waals surface area contributed by atoms with Crippen molar-refractivity contribution in [2.24, 2.45) is 0 Å². The van der Waals surface area contributed by atoms with Crippen molar-refractivity contribution >= 4 is 21.8 Å². The number of alkyl halides is 1. The van der Waals surface area contributed by atoms with Crippen LogP contribution in [0.25, 0.3) is 0 Å². The van der Waals surface area contributed by atoms with Crippen LogP contribution in [0.4, 0.5) is 0 Å². The van der Waals surface area contributed by atoms with Crippen molar-refractivity contribution in [3.8, 4) is 0 Å². The van der Waals surface area contributed by atoms with Gasteiger partial charge in [-0.3, -0.25) is 4.79 Å². The molecule has 0 heterocycles. The monoisotopic (exact) mass is 323 g/mol. The van der Waals surface area contributed by atoms with Crippen LogP contribution < -0.4 is 0 Å². The Kier molecular flexibility index (Phi) is 5.44. The maximum Gasteiger partial charge on any atom is 0.223 e. The lowest BCUT2D eigenvalue weighted by atomic mass is 9.91. The molecule has 2 nitrogen and oxygen atoms in total. The second kappa shape index (κ2) is 7.09. The van der Waals surface area contributed by atoms with Crippen molar-refractivity contribution in [2.75, 3.05) is 11.9 Å². The van der Waals surface area contributed by atoms with E-state index in [-0.39, 0.29) is 0 Å². The predicted octanol–water partition coefficient (Wildman–Crippen LogP) is 3.70. The number of hydrogen-bond donors (Lipinski definition) is 0. The van der Waals surface area contributed by atoms with E-state index in [0.29, 0.717) is 18.4 Å². The Morgan fingerprint density at radius 2 is 2.00 bits per heavy atom. The van der Waals surface area contributed by atoms with E-state index in [0.717, 1.165) is 18.3 Å². The third kappa shape index (κ3) is 4.07. The fraction of sp³-hybridized carbons (Fsp3) is 0.562. The first kappa shape index (κ1) is 14.6. The summed E-state index contributed by atoms with van der Waals surface area (Å²) >= 11 is 3.45. The van der Waals surface area contributed by atoms with Crippen LogP contribution >= 0.6 is 15.9 Å². The zero-order chi connectivity index (χ0) is 13.7. The van der Waals surface area contributed by atoms with Crippen molar-refractivity contribution in [2.45, 2.75) is 45.1 Å². The van der Waals surface area contributed by atoms with Crippen LogP contribution in [0.2, 0.25) is 0 Å². The molecular weight excluding hydrogens is 302 g/mol. The molecule has 0 bridgehead atoms. The summed E-state index contributed by atoms with van der Waals surface area (Å²) in [6.45, 7) is 2.93. The molecule has 1 aromatic carbocycles. The molecule has 104 valence electrons. The molecule has 3 heteroatoms. The Bertz CT molecular complexity index is 411. The zero-order valence-electron chi connectivity index (χ0n) is 11.6. The molecule has 0 N–H and O–H groups in total. The molecule has 2 rings (SSSR count). The van der Waals surface area contributed by atoms with Crippen LogP contribution in [0, 0.1) is 6.92 Å². The molecule has 0 unspecified atom stereocenters. The number of nitrogens with zero attached hydrogens (tertiary/aromatic N) is 1. The van der Waals surface area contributed by atoms with E-state index >= 15 is 0 Å². The Morgan fingerprint density at radius 3 is 2.53 bits per heavy atom. The molecular formula is C16H22BrNO. The van der Waals surface area contributed by atoms with E-state index < -0.39 is 0 Å². The van der Waals surface area contributed by atoms with Crippen molar-refractivity contribution in [1.29, 1.82) is 0 Å². The molecule has 1 aliphatic carbocycles. The largest absolute Gasteiger partial charge is 0.339 e. The highest BCUT2D eigenvalue weighted by atomic mass is 79.9. The molecule has 0 aromatic heterocycles. The number of carbonyl (C=O) groups excluding carboxylic acids is 1. The van der Waals surface area contributed by atoms with Crippen molar-refractivity contribution in [3.63, 3.8) is 0 Å². The summed E-state index contributed by atoms with van der Waals surface area (Å²) in [6, 6.07) is 8.98. The first-order valence-corrected chi connectivity index (χ1v) is 8.24. The van der Waals surface area contributed by atoms with Gasteiger partial charge in [-0.25, -0.2) is 0 Å². The van der Waals surface area contributed by atoms with E-state index in [9.17, 15) is 4.79 Å². The van der Waals surface area contributed by atoms with Crippen LogP contribution in [0.1, 0.15) is 36.8 Å². The fourth-order valence-electron chi connectivity index (χ4n) is 2.45. The Balaban J connectivity index is 1.86. The fourth-order valence-corrected chi connectivity index (χ4v) is 2.83. The number of halogens is 1. The highest BCUT2D eigenvalue weighted by Crippen LogP contribution is 2.25. The number of hydrogen-bond acceptors (Lipinski definition) is 1. The van der Waals surface area contributed by atoms with Gasteiger partial charge in [-0.15, -0.1) is 0 Å². The zero-order valence-corrected chi connectivity index (χ0v) is 13.2. The molecule has 1 saturated carbocycles. The Hall–Kier alpha value is -0.830. The summed E-state index contributed by atoms with van der Waals surface area (Å²) in [5.74, 6) is 0.310. The third-order valence-corrected chi connectivity index (χ3v) is 4.26. The van der Waals surface area contributed by atoms with Gasteiger partial charge in [0.2, 0.25) is 5.91 Å². The van der Waals surface area contributed by atoms with Gasteiger partial charge in [0, 0.05) is 24.3 Å². The molecule has 0 radical (unpaired) electrons. The molecule has 0 spiro atoms. The summed E-state index contributed by atoms with van der Waals surface area (Å²) in [7, 11) is 0. The lowest BCUT2D eigenvalue weighted by Gasteiger charge is -2.37. The smallest absolute Gasteiger partial charge is 0.223 e. The standard InChI is InChI=1S/C16H22BrNO/c1-13-5-7-14(8-6-13)9-10-16(19)18(12-11-17)15-3-2-4-15/h5-8,15H,2-4,9-12H2,1H3. The van der Waals surface area contributed by atoms with Gasteiger partial charge in [-0.1, -0.05) is 45.8 Å². The van der Waals surface area contributed by atoms with Gasteiger partial charge in [0.15, 0.2) is 0 Å². The van der Waals surface area contributed by atoms with Gasteiger partial charge < -0.3 is 4.90 Å². The quantitative estimate of drug-likeness (QED) is 0.731. The average molecular weight is 324 g/mol. The lowest BCUT2D eigenvalue weighted by molar-refractivity contribution is -0.134. The first-order chi connectivity index (χ1) is 9.20. The second-order valence-corrected chi connectivity index (χ2v) is 6.14. The van der Waals surface area contributed by atoms with Gasteiger partial charge >= 0.3 is 0 Å². The summed E-state index contributed by atoms with van der Waals surface area (Å²) in [4.78, 5) is 14.4. The number of carbonyl (C=O) groups is 1. The molecule has 1 amide bonds. The summed E-state index contributed by atoms with van der Waals surface area (Å²) < 4.78 is 0. The third-order valence-electron chi connectivity index (χ3n) is 3.91. The van der Waals surface area contributed by atoms with Gasteiger partial charge in [-0.2, -0.15) is 0 Å². The number of benzene rings is 1. The van der Waals surface area contributed by atoms with Gasteiger partial charge in [0.25, 0.3) is 0 Å². The molecule has 1 aromatic rings. The molecule has 1 fully saturated rings. The molecule has 0 atom stereocenters. The average Bonchev–Trinajstić information content (AvgIpc) is 2.35. The minimum absolute atomic E-state index is 0.310. The summed E-state index contributed by atoms with van der Waals surface area (Å²) in [5, 5.41) is 0.875. The van der Waals surface area contributed by atoms with Crippen LogP contribution in [0.3, 0.4) is 0 Å². The van der Waals surface area contributed by atoms with Crippen molar-refractivity contribution in [1.82, 2.24) is 4.90 Å². The Morgan fingerprint density at radius 1 is 1.32 bits per heavy atom. The number of rotatable bonds is 6. The van der Waals surface area contributed by atoms with Crippen molar-refractivity contribution in [3.05, 3.63) is 35.4 Å². The first-order valence-electron chi connectivity index (χ1n) is 7.11. The van der Waals surface area contributed by atoms with E-state index in [1.807, 2.05) is 0 Å². The molecule has 0 aliphatic heterocycles. The maximum absolute atomic E-state index is 12.3. The SMILES string of the molecule is Cc1ccc(CCC(=O)N(CCBr)C2CCC2)cc1. The van der Waals surface area contributed by atoms with Gasteiger partial charge in [-0.05, 0) is 38.2 Å². The van der Waals surface area contributed by atoms with Gasteiger partial charge in [0.05, 0.1) is 0 Å². The summed E-state index contributed by atoms with van der Waals surface area (Å²) in [5.41, 5.74) is 2.52. The molecule has 0 saturated heterocycles. The van der Waals surface area contributed by atoms with Crippen molar-refractivity contribution < 1.29 is 4.79 Å². The predicted molar refractivity (Wildman–Crippen MR) is 82.6 cm³/mol. The van der Waals surface area contributed by atoms with E-state index in [1.165, 1.54) is 30.4 Å². The number of aryl methyl sites for hydroxylation is 2. The highest BCUT2D eigenvalue weighted by Gasteiger charge is 2.27. The van der Waals surface area contributed by atoms with E-state index in [4.69, 9.17) is 0 Å². The second-order valence-electron chi connectivity index (χ2n) is 5.35. The minimum atomic E-state index is 0.310. The van der Waals surface area contributed by atoms with Crippen LogP contribution in [-0.4, -0.2) is 28.7 Å². The molecule has 19 heavy (non-hydrogen) atoms. The minimum Gasteiger partial charge on any atom is -0.339 e.